The third-order valence-electron chi connectivity index (χ3n) is 8.06. The minimum atomic E-state index is -0.365. The van der Waals surface area contributed by atoms with Gasteiger partial charge in [-0.05, 0) is 44.1 Å². The number of amides is 4. The van der Waals surface area contributed by atoms with Crippen molar-refractivity contribution in [2.75, 3.05) is 39.8 Å². The minimum Gasteiger partial charge on any atom is -0.354 e. The van der Waals surface area contributed by atoms with E-state index >= 15 is 0 Å². The molecule has 4 amide bonds. The van der Waals surface area contributed by atoms with E-state index in [1.54, 1.807) is 40.8 Å². The lowest BCUT2D eigenvalue weighted by Gasteiger charge is -2.36. The second kappa shape index (κ2) is 12.3. The van der Waals surface area contributed by atoms with Gasteiger partial charge < -0.3 is 20.0 Å². The largest absolute Gasteiger partial charge is 0.354 e. The van der Waals surface area contributed by atoms with Gasteiger partial charge in [-0.3, -0.25) is 28.3 Å². The summed E-state index contributed by atoms with van der Waals surface area (Å²) in [4.78, 5) is 67.2. The molecule has 3 aromatic rings. The number of carbonyl (C=O) groups excluding carboxylic acids is 4. The molecule has 42 heavy (non-hydrogen) atoms. The Hall–Kier alpha value is -4.29. The van der Waals surface area contributed by atoms with E-state index < -0.39 is 0 Å². The number of nitrogens with zero attached hydrogens (tertiary/aromatic N) is 8. The first-order valence-electron chi connectivity index (χ1n) is 14.6. The van der Waals surface area contributed by atoms with E-state index in [1.165, 1.54) is 9.80 Å². The quantitative estimate of drug-likeness (QED) is 0.487. The normalized spacial score (nSPS) is 19.1. The van der Waals surface area contributed by atoms with Crippen molar-refractivity contribution in [3.63, 3.8) is 0 Å². The Kier molecular flexibility index (Phi) is 8.55. The lowest BCUT2D eigenvalue weighted by atomic mass is 9.89. The molecule has 1 atom stereocenters. The molecule has 3 aromatic heterocycles. The molecule has 1 unspecified atom stereocenters. The molecule has 13 nitrogen and oxygen atoms in total. The lowest BCUT2D eigenvalue weighted by molar-refractivity contribution is -0.134. The molecule has 0 aromatic carbocycles. The molecule has 2 bridgehead atoms. The predicted octanol–water partition coefficient (Wildman–Crippen LogP) is 0.929. The number of carbonyl (C=O) groups is 4. The van der Waals surface area contributed by atoms with Crippen LogP contribution in [0.5, 0.6) is 0 Å². The van der Waals surface area contributed by atoms with Crippen molar-refractivity contribution < 1.29 is 19.2 Å². The van der Waals surface area contributed by atoms with Gasteiger partial charge in [0.1, 0.15) is 12.2 Å². The molecule has 5 rings (SSSR count). The van der Waals surface area contributed by atoms with Gasteiger partial charge in [-0.1, -0.05) is 13.8 Å². The van der Waals surface area contributed by atoms with E-state index in [2.05, 4.69) is 34.2 Å². The highest BCUT2D eigenvalue weighted by Gasteiger charge is 2.35. The first kappa shape index (κ1) is 29.2. The highest BCUT2D eigenvalue weighted by Crippen LogP contribution is 2.28. The summed E-state index contributed by atoms with van der Waals surface area (Å²) >= 11 is 0. The molecule has 13 heteroatoms. The number of likely N-dealkylation sites (N-methyl/N-ethyl adjacent to an activating group) is 1. The highest BCUT2D eigenvalue weighted by atomic mass is 16.2. The average molecular weight is 578 g/mol. The SMILES string of the molecule is CC(C)CCN1C(=O)CN(C(=O)c2cn3cccnc3n2)CCCNC(=O)CN(C)C(=O)c2nn(C)c3c2CC1CC3. The maximum Gasteiger partial charge on any atom is 0.274 e. The van der Waals surface area contributed by atoms with Gasteiger partial charge in [-0.2, -0.15) is 5.10 Å². The van der Waals surface area contributed by atoms with Gasteiger partial charge in [0.2, 0.25) is 17.6 Å². The zero-order valence-corrected chi connectivity index (χ0v) is 24.7. The maximum absolute atomic E-state index is 14.0. The number of aromatic nitrogens is 5. The Bertz CT molecular complexity index is 1460. The van der Waals surface area contributed by atoms with Crippen molar-refractivity contribution in [1.29, 1.82) is 0 Å². The second-order valence-corrected chi connectivity index (χ2v) is 11.6. The Morgan fingerprint density at radius 3 is 2.74 bits per heavy atom. The molecule has 1 aliphatic heterocycles. The topological polar surface area (TPSA) is 138 Å². The molecule has 0 spiro atoms. The van der Waals surface area contributed by atoms with Gasteiger partial charge in [0, 0.05) is 69.6 Å². The van der Waals surface area contributed by atoms with Crippen LogP contribution in [0.2, 0.25) is 0 Å². The molecular weight excluding hydrogens is 538 g/mol. The smallest absolute Gasteiger partial charge is 0.274 e. The van der Waals surface area contributed by atoms with Crippen LogP contribution in [0.25, 0.3) is 5.78 Å². The van der Waals surface area contributed by atoms with Gasteiger partial charge in [0.05, 0.1) is 6.54 Å². The standard InChI is InChI=1S/C29H39N9O4/c1-19(2)9-14-38-20-7-8-23-21(15-20)26(33-35(23)4)28(42)34(3)17-24(39)30-10-5-12-36(18-25(38)40)27(41)22-16-37-13-6-11-31-29(37)32-22/h6,11,13,16,19-20H,5,7-10,12,14-15,17-18H2,1-4H3,(H,30,39). The summed E-state index contributed by atoms with van der Waals surface area (Å²) in [6.07, 6.45) is 8.12. The minimum absolute atomic E-state index is 0.108. The Balaban J connectivity index is 1.48. The first-order chi connectivity index (χ1) is 20.1. The van der Waals surface area contributed by atoms with Crippen LogP contribution in [0.1, 0.15) is 65.3 Å². The van der Waals surface area contributed by atoms with Gasteiger partial charge in [-0.25, -0.2) is 9.97 Å². The molecule has 1 N–H and O–H groups in total. The fourth-order valence-electron chi connectivity index (χ4n) is 5.74. The van der Waals surface area contributed by atoms with Crippen LogP contribution in [0.3, 0.4) is 0 Å². The third kappa shape index (κ3) is 6.14. The van der Waals surface area contributed by atoms with Crippen molar-refractivity contribution in [1.82, 2.24) is 44.2 Å². The fourth-order valence-corrected chi connectivity index (χ4v) is 5.74. The van der Waals surface area contributed by atoms with Crippen LogP contribution in [-0.2, 0) is 29.5 Å². The summed E-state index contributed by atoms with van der Waals surface area (Å²) in [6.45, 7) is 5.10. The van der Waals surface area contributed by atoms with Crippen molar-refractivity contribution >= 4 is 29.4 Å². The molecule has 0 saturated heterocycles. The Morgan fingerprint density at radius 2 is 1.98 bits per heavy atom. The summed E-state index contributed by atoms with van der Waals surface area (Å²) in [5, 5.41) is 7.36. The zero-order valence-electron chi connectivity index (χ0n) is 24.7. The van der Waals surface area contributed by atoms with Gasteiger partial charge >= 0.3 is 0 Å². The molecule has 2 aliphatic rings. The van der Waals surface area contributed by atoms with Gasteiger partial charge in [0.15, 0.2) is 5.69 Å². The molecule has 0 radical (unpaired) electrons. The van der Waals surface area contributed by atoms with E-state index in [4.69, 9.17) is 0 Å². The molecule has 0 fully saturated rings. The first-order valence-corrected chi connectivity index (χ1v) is 14.6. The van der Waals surface area contributed by atoms with E-state index in [1.807, 2.05) is 11.9 Å². The predicted molar refractivity (Wildman–Crippen MR) is 154 cm³/mol. The molecule has 1 aliphatic carbocycles. The van der Waals surface area contributed by atoms with Crippen LogP contribution >= 0.6 is 0 Å². The van der Waals surface area contributed by atoms with Crippen molar-refractivity contribution in [2.45, 2.75) is 52.0 Å². The van der Waals surface area contributed by atoms with Crippen molar-refractivity contribution in [3.05, 3.63) is 47.3 Å². The van der Waals surface area contributed by atoms with E-state index in [0.29, 0.717) is 43.2 Å². The molecule has 0 saturated carbocycles. The number of nitrogens with one attached hydrogen (secondary N) is 1. The third-order valence-corrected chi connectivity index (χ3v) is 8.06. The zero-order chi connectivity index (χ0) is 30.0. The Morgan fingerprint density at radius 1 is 1.17 bits per heavy atom. The van der Waals surface area contributed by atoms with Crippen molar-refractivity contribution in [3.8, 4) is 0 Å². The van der Waals surface area contributed by atoms with E-state index in [-0.39, 0.29) is 61.5 Å². The molecular formula is C29H39N9O4. The van der Waals surface area contributed by atoms with Gasteiger partial charge in [-0.15, -0.1) is 0 Å². The number of imidazole rings is 1. The number of hydrogen-bond acceptors (Lipinski definition) is 7. The monoisotopic (exact) mass is 577 g/mol. The number of rotatable bonds is 4. The average Bonchev–Trinajstić information content (AvgIpc) is 3.54. The van der Waals surface area contributed by atoms with Crippen molar-refractivity contribution in [2.24, 2.45) is 13.0 Å². The number of hydrogen-bond donors (Lipinski definition) is 1. The fraction of sp³-hybridized carbons (Fsp3) is 0.552. The van der Waals surface area contributed by atoms with Crippen LogP contribution in [0.15, 0.2) is 24.7 Å². The lowest BCUT2D eigenvalue weighted by Crippen LogP contribution is -2.50. The molecule has 4 heterocycles. The molecule has 224 valence electrons. The van der Waals surface area contributed by atoms with Gasteiger partial charge in [0.25, 0.3) is 11.8 Å². The number of aryl methyl sites for hydroxylation is 1. The summed E-state index contributed by atoms with van der Waals surface area (Å²) < 4.78 is 3.41. The van der Waals surface area contributed by atoms with E-state index in [0.717, 1.165) is 24.1 Å². The highest BCUT2D eigenvalue weighted by molar-refractivity contribution is 5.97. The summed E-state index contributed by atoms with van der Waals surface area (Å²) in [5.41, 5.74) is 2.33. The van der Waals surface area contributed by atoms with E-state index in [9.17, 15) is 19.2 Å². The van der Waals surface area contributed by atoms with Crippen LogP contribution < -0.4 is 5.32 Å². The Labute approximate surface area is 244 Å². The summed E-state index contributed by atoms with van der Waals surface area (Å²) in [5.74, 6) is -0.348. The van der Waals surface area contributed by atoms with Crippen LogP contribution in [0, 0.1) is 5.92 Å². The second-order valence-electron chi connectivity index (χ2n) is 11.6. The number of fused-ring (bicyclic) bond motifs is 2. The maximum atomic E-state index is 14.0. The van der Waals surface area contributed by atoms with Crippen LogP contribution in [0.4, 0.5) is 0 Å². The summed E-state index contributed by atoms with van der Waals surface area (Å²) in [7, 11) is 3.42. The van der Waals surface area contributed by atoms with Crippen LogP contribution in [-0.4, -0.2) is 108 Å². The summed E-state index contributed by atoms with van der Waals surface area (Å²) in [6, 6.07) is 1.61.